The van der Waals surface area contributed by atoms with E-state index in [4.69, 9.17) is 10.5 Å². The molecule has 11 heteroatoms. The van der Waals surface area contributed by atoms with Gasteiger partial charge in [-0.3, -0.25) is 0 Å². The van der Waals surface area contributed by atoms with Crippen LogP contribution < -0.4 is 4.90 Å². The van der Waals surface area contributed by atoms with Crippen LogP contribution in [0.3, 0.4) is 0 Å². The minimum Gasteiger partial charge on any atom is -0.311 e. The SMILES string of the molecule is N#CC(C#N)=C(c1ccc(/C=C/c2ccc(N(c3ccccc3)c3ccccc3)cc2)s1)C(F)(F)C(F)(F)C(F)(F)F. The first-order valence-electron chi connectivity index (χ1n) is 12.1. The van der Waals surface area contributed by atoms with E-state index in [0.29, 0.717) is 16.9 Å². The molecule has 212 valence electrons. The predicted octanol–water partition coefficient (Wildman–Crippen LogP) is 10.0. The molecule has 0 aliphatic carbocycles. The highest BCUT2D eigenvalue weighted by Crippen LogP contribution is 2.54. The molecule has 1 heterocycles. The number of nitriles is 2. The standard InChI is InChI=1S/C31H18F7N3S/c32-29(33,30(34,35)31(36,37)38)28(22(19-39)20-40)27-18-17-26(42-27)16-13-21-11-14-25(15-12-21)41(23-7-3-1-4-8-23)24-9-5-2-6-10-24/h1-18H/b16-13+. The largest absolute Gasteiger partial charge is 0.460 e. The Kier molecular flexibility index (Phi) is 8.55. The third-order valence-electron chi connectivity index (χ3n) is 6.03. The number of allylic oxidation sites excluding steroid dienone is 2. The van der Waals surface area contributed by atoms with Gasteiger partial charge in [0, 0.05) is 26.8 Å². The van der Waals surface area contributed by atoms with Crippen molar-refractivity contribution in [2.45, 2.75) is 18.0 Å². The molecule has 3 nitrogen and oxygen atoms in total. The predicted molar refractivity (Wildman–Crippen MR) is 148 cm³/mol. The molecular weight excluding hydrogens is 579 g/mol. The monoisotopic (exact) mass is 597 g/mol. The maximum atomic E-state index is 14.6. The fraction of sp³-hybridized carbons (Fsp3) is 0.0968. The highest BCUT2D eigenvalue weighted by molar-refractivity contribution is 7.14. The van der Waals surface area contributed by atoms with E-state index in [1.165, 1.54) is 12.1 Å². The molecule has 0 fully saturated rings. The first kappa shape index (κ1) is 30.1. The van der Waals surface area contributed by atoms with Crippen molar-refractivity contribution in [1.29, 1.82) is 10.5 Å². The minimum absolute atomic E-state index is 0.211. The van der Waals surface area contributed by atoms with Crippen LogP contribution in [0.15, 0.2) is 103 Å². The van der Waals surface area contributed by atoms with E-state index in [0.717, 1.165) is 35.3 Å². The van der Waals surface area contributed by atoms with E-state index >= 15 is 0 Å². The number of alkyl halides is 7. The molecule has 0 spiro atoms. The summed E-state index contributed by atoms with van der Waals surface area (Å²) in [6.45, 7) is 0. The van der Waals surface area contributed by atoms with Gasteiger partial charge in [-0.15, -0.1) is 11.3 Å². The fourth-order valence-corrected chi connectivity index (χ4v) is 4.99. The first-order valence-corrected chi connectivity index (χ1v) is 12.9. The summed E-state index contributed by atoms with van der Waals surface area (Å²) in [4.78, 5) is 1.48. The Morgan fingerprint density at radius 1 is 0.643 bits per heavy atom. The molecule has 0 atom stereocenters. The quantitative estimate of drug-likeness (QED) is 0.150. The second-order valence-electron chi connectivity index (χ2n) is 8.75. The van der Waals surface area contributed by atoms with Gasteiger partial charge in [0.2, 0.25) is 0 Å². The molecule has 4 aromatic rings. The molecule has 4 rings (SSSR count). The van der Waals surface area contributed by atoms with Gasteiger partial charge >= 0.3 is 18.0 Å². The van der Waals surface area contributed by atoms with Gasteiger partial charge in [-0.1, -0.05) is 54.6 Å². The third-order valence-corrected chi connectivity index (χ3v) is 7.10. The molecule has 42 heavy (non-hydrogen) atoms. The summed E-state index contributed by atoms with van der Waals surface area (Å²) in [5.41, 5.74) is -0.169. The number of rotatable bonds is 8. The molecule has 0 aliphatic rings. The van der Waals surface area contributed by atoms with E-state index in [1.807, 2.05) is 77.7 Å². The van der Waals surface area contributed by atoms with Crippen molar-refractivity contribution in [3.8, 4) is 12.1 Å². The zero-order valence-corrected chi connectivity index (χ0v) is 22.1. The number of benzene rings is 3. The summed E-state index contributed by atoms with van der Waals surface area (Å²) in [6.07, 6.45) is -3.58. The summed E-state index contributed by atoms with van der Waals surface area (Å²) in [7, 11) is 0. The first-order chi connectivity index (χ1) is 19.9. The summed E-state index contributed by atoms with van der Waals surface area (Å²) in [6, 6.07) is 30.6. The normalized spacial score (nSPS) is 12.0. The molecule has 1 aromatic heterocycles. The minimum atomic E-state index is -6.62. The Balaban J connectivity index is 1.64. The van der Waals surface area contributed by atoms with Crippen molar-refractivity contribution >= 4 is 46.1 Å². The second-order valence-corrected chi connectivity index (χ2v) is 9.87. The van der Waals surface area contributed by atoms with Crippen molar-refractivity contribution in [2.24, 2.45) is 0 Å². The van der Waals surface area contributed by atoms with E-state index < -0.39 is 34.0 Å². The van der Waals surface area contributed by atoms with E-state index in [-0.39, 0.29) is 4.88 Å². The van der Waals surface area contributed by atoms with Crippen LogP contribution in [-0.4, -0.2) is 18.0 Å². The summed E-state index contributed by atoms with van der Waals surface area (Å²) in [5.74, 6) is -12.4. The van der Waals surface area contributed by atoms with Crippen LogP contribution in [0.25, 0.3) is 17.7 Å². The van der Waals surface area contributed by atoms with Gasteiger partial charge in [0.1, 0.15) is 17.7 Å². The molecular formula is C31H18F7N3S. The molecule has 0 bridgehead atoms. The Hall–Kier alpha value is -4.87. The lowest BCUT2D eigenvalue weighted by atomic mass is 9.96. The third kappa shape index (κ3) is 5.92. The number of nitrogens with zero attached hydrogens (tertiary/aromatic N) is 3. The average molecular weight is 598 g/mol. The van der Waals surface area contributed by atoms with Crippen LogP contribution in [0.4, 0.5) is 47.8 Å². The van der Waals surface area contributed by atoms with Crippen molar-refractivity contribution in [3.05, 3.63) is 118 Å². The zero-order chi connectivity index (χ0) is 30.5. The Morgan fingerprint density at radius 3 is 1.62 bits per heavy atom. The molecule has 0 amide bonds. The van der Waals surface area contributed by atoms with Crippen LogP contribution >= 0.6 is 11.3 Å². The van der Waals surface area contributed by atoms with Gasteiger partial charge in [-0.05, 0) is 60.2 Å². The number of halogens is 7. The lowest BCUT2D eigenvalue weighted by molar-refractivity contribution is -0.338. The molecule has 0 unspecified atom stereocenters. The molecule has 0 saturated heterocycles. The number of hydrogen-bond acceptors (Lipinski definition) is 4. The van der Waals surface area contributed by atoms with Crippen molar-refractivity contribution < 1.29 is 30.7 Å². The van der Waals surface area contributed by atoms with Crippen LogP contribution in [-0.2, 0) is 0 Å². The van der Waals surface area contributed by atoms with Crippen molar-refractivity contribution in [3.63, 3.8) is 0 Å². The number of para-hydroxylation sites is 2. The van der Waals surface area contributed by atoms with E-state index in [9.17, 15) is 30.7 Å². The highest BCUT2D eigenvalue weighted by atomic mass is 32.1. The van der Waals surface area contributed by atoms with Gasteiger partial charge in [0.05, 0.1) is 5.57 Å². The Morgan fingerprint density at radius 2 is 1.14 bits per heavy atom. The van der Waals surface area contributed by atoms with Gasteiger partial charge in [-0.25, -0.2) is 0 Å². The summed E-state index contributed by atoms with van der Waals surface area (Å²) < 4.78 is 95.4. The number of anilines is 3. The second kappa shape index (κ2) is 11.9. The lowest BCUT2D eigenvalue weighted by Crippen LogP contribution is -2.52. The Labute approximate surface area is 240 Å². The van der Waals surface area contributed by atoms with Gasteiger partial charge in [0.15, 0.2) is 0 Å². The average Bonchev–Trinajstić information content (AvgIpc) is 3.44. The maximum absolute atomic E-state index is 14.6. The van der Waals surface area contributed by atoms with Gasteiger partial charge < -0.3 is 4.90 Å². The van der Waals surface area contributed by atoms with Crippen LogP contribution in [0.5, 0.6) is 0 Å². The summed E-state index contributed by atoms with van der Waals surface area (Å²) >= 11 is 0.440. The number of thiophene rings is 1. The zero-order valence-electron chi connectivity index (χ0n) is 21.3. The van der Waals surface area contributed by atoms with Gasteiger partial charge in [0.25, 0.3) is 0 Å². The lowest BCUT2D eigenvalue weighted by Gasteiger charge is -2.29. The van der Waals surface area contributed by atoms with E-state index in [2.05, 4.69) is 0 Å². The van der Waals surface area contributed by atoms with Crippen LogP contribution in [0, 0.1) is 22.7 Å². The molecule has 3 aromatic carbocycles. The van der Waals surface area contributed by atoms with Crippen LogP contribution in [0.2, 0.25) is 0 Å². The smallest absolute Gasteiger partial charge is 0.311 e. The molecule has 0 radical (unpaired) electrons. The maximum Gasteiger partial charge on any atom is 0.460 e. The topological polar surface area (TPSA) is 50.8 Å². The van der Waals surface area contributed by atoms with Gasteiger partial charge in [-0.2, -0.15) is 41.3 Å². The fourth-order valence-electron chi connectivity index (χ4n) is 4.00. The van der Waals surface area contributed by atoms with Crippen LogP contribution in [0.1, 0.15) is 15.3 Å². The molecule has 0 aliphatic heterocycles. The Bertz CT molecular complexity index is 1620. The molecule has 0 N–H and O–H groups in total. The van der Waals surface area contributed by atoms with Crippen molar-refractivity contribution in [2.75, 3.05) is 4.90 Å². The number of hydrogen-bond donors (Lipinski definition) is 0. The summed E-state index contributed by atoms with van der Waals surface area (Å²) in [5, 5.41) is 18.1. The highest BCUT2D eigenvalue weighted by Gasteiger charge is 2.74. The van der Waals surface area contributed by atoms with Crippen molar-refractivity contribution in [1.82, 2.24) is 0 Å². The van der Waals surface area contributed by atoms with E-state index in [1.54, 1.807) is 18.2 Å². The molecule has 0 saturated carbocycles.